The molecule has 0 aromatic rings. The highest BCUT2D eigenvalue weighted by Crippen LogP contribution is 2.42. The molecule has 3 N–H and O–H groups in total. The zero-order valence-electron chi connectivity index (χ0n) is 8.64. The molecule has 0 saturated heterocycles. The van der Waals surface area contributed by atoms with Crippen molar-refractivity contribution in [3.63, 3.8) is 0 Å². The van der Waals surface area contributed by atoms with E-state index in [4.69, 9.17) is 5.73 Å². The molecule has 0 heterocycles. The standard InChI is InChI=1S/C10H18N2OS/c1-2-10(4-3-5-10)7-12-9(13)6-8(11)14/h2-7H2,1H3,(H2,11,14)(H,12,13). The zero-order chi connectivity index (χ0) is 10.6. The van der Waals surface area contributed by atoms with Gasteiger partial charge >= 0.3 is 0 Å². The second-order valence-corrected chi connectivity index (χ2v) is 4.65. The lowest BCUT2D eigenvalue weighted by Crippen LogP contribution is -2.42. The minimum absolute atomic E-state index is 0.0442. The third-order valence-corrected chi connectivity index (χ3v) is 3.30. The molecule has 0 radical (unpaired) electrons. The van der Waals surface area contributed by atoms with Gasteiger partial charge in [0.1, 0.15) is 0 Å². The number of nitrogens with one attached hydrogen (secondary N) is 1. The summed E-state index contributed by atoms with van der Waals surface area (Å²) in [5, 5.41) is 2.90. The first-order valence-corrected chi connectivity index (χ1v) is 5.54. The molecule has 1 rings (SSSR count). The van der Waals surface area contributed by atoms with Gasteiger partial charge in [0.25, 0.3) is 0 Å². The number of carbonyl (C=O) groups is 1. The molecular weight excluding hydrogens is 196 g/mol. The van der Waals surface area contributed by atoms with Crippen molar-refractivity contribution in [3.05, 3.63) is 0 Å². The van der Waals surface area contributed by atoms with Crippen molar-refractivity contribution in [1.82, 2.24) is 5.32 Å². The molecule has 1 amide bonds. The molecule has 0 aliphatic heterocycles. The number of rotatable bonds is 5. The molecule has 0 spiro atoms. The van der Waals surface area contributed by atoms with E-state index in [1.807, 2.05) is 0 Å². The Labute approximate surface area is 90.4 Å². The largest absolute Gasteiger partial charge is 0.393 e. The van der Waals surface area contributed by atoms with Crippen molar-refractivity contribution < 1.29 is 4.79 Å². The molecule has 1 fully saturated rings. The predicted octanol–water partition coefficient (Wildman–Crippen LogP) is 1.36. The first-order chi connectivity index (χ1) is 6.58. The van der Waals surface area contributed by atoms with Gasteiger partial charge in [0.05, 0.1) is 11.4 Å². The highest BCUT2D eigenvalue weighted by atomic mass is 32.1. The van der Waals surface area contributed by atoms with Gasteiger partial charge in [0.2, 0.25) is 5.91 Å². The summed E-state index contributed by atoms with van der Waals surface area (Å²) in [7, 11) is 0. The summed E-state index contributed by atoms with van der Waals surface area (Å²) in [6.45, 7) is 2.96. The number of carbonyl (C=O) groups excluding carboxylic acids is 1. The minimum atomic E-state index is -0.0442. The molecule has 1 aliphatic carbocycles. The lowest BCUT2D eigenvalue weighted by atomic mass is 9.67. The molecule has 0 aromatic heterocycles. The van der Waals surface area contributed by atoms with Crippen molar-refractivity contribution in [1.29, 1.82) is 0 Å². The maximum atomic E-state index is 11.3. The van der Waals surface area contributed by atoms with Gasteiger partial charge in [-0.25, -0.2) is 0 Å². The second kappa shape index (κ2) is 4.73. The Morgan fingerprint density at radius 3 is 2.57 bits per heavy atom. The van der Waals surface area contributed by atoms with E-state index in [1.165, 1.54) is 19.3 Å². The topological polar surface area (TPSA) is 55.1 Å². The lowest BCUT2D eigenvalue weighted by Gasteiger charge is -2.41. The third-order valence-electron chi connectivity index (χ3n) is 3.16. The van der Waals surface area contributed by atoms with Gasteiger partial charge in [-0.1, -0.05) is 25.6 Å². The number of hydrogen-bond donors (Lipinski definition) is 2. The van der Waals surface area contributed by atoms with E-state index < -0.39 is 0 Å². The number of amides is 1. The molecule has 0 bridgehead atoms. The van der Waals surface area contributed by atoms with Gasteiger partial charge in [0.15, 0.2) is 0 Å². The number of hydrogen-bond acceptors (Lipinski definition) is 2. The predicted molar refractivity (Wildman–Crippen MR) is 61.0 cm³/mol. The first-order valence-electron chi connectivity index (χ1n) is 5.13. The van der Waals surface area contributed by atoms with Crippen LogP contribution in [0.2, 0.25) is 0 Å². The van der Waals surface area contributed by atoms with E-state index in [2.05, 4.69) is 24.5 Å². The van der Waals surface area contributed by atoms with Crippen LogP contribution in [-0.2, 0) is 4.79 Å². The second-order valence-electron chi connectivity index (χ2n) is 4.13. The normalized spacial score (nSPS) is 18.4. The van der Waals surface area contributed by atoms with Crippen LogP contribution in [0.4, 0.5) is 0 Å². The van der Waals surface area contributed by atoms with Crippen molar-refractivity contribution in [2.75, 3.05) is 6.54 Å². The van der Waals surface area contributed by atoms with Gasteiger partial charge in [0, 0.05) is 6.54 Å². The SMILES string of the molecule is CCC1(CNC(=O)CC(N)=S)CCC1. The van der Waals surface area contributed by atoms with E-state index in [-0.39, 0.29) is 17.3 Å². The molecule has 4 heteroatoms. The van der Waals surface area contributed by atoms with Gasteiger partial charge in [-0.3, -0.25) is 4.79 Å². The average molecular weight is 214 g/mol. The molecule has 1 saturated carbocycles. The Morgan fingerprint density at radius 1 is 1.57 bits per heavy atom. The fraction of sp³-hybridized carbons (Fsp3) is 0.800. The Kier molecular flexibility index (Phi) is 3.86. The van der Waals surface area contributed by atoms with Gasteiger partial charge in [-0.2, -0.15) is 0 Å². The zero-order valence-corrected chi connectivity index (χ0v) is 9.45. The van der Waals surface area contributed by atoms with Crippen molar-refractivity contribution in [3.8, 4) is 0 Å². The molecule has 3 nitrogen and oxygen atoms in total. The van der Waals surface area contributed by atoms with Gasteiger partial charge in [-0.05, 0) is 24.7 Å². The lowest BCUT2D eigenvalue weighted by molar-refractivity contribution is -0.120. The number of thiocarbonyl (C=S) groups is 1. The summed E-state index contributed by atoms with van der Waals surface area (Å²) in [5.41, 5.74) is 5.65. The molecule has 0 unspecified atom stereocenters. The van der Waals surface area contributed by atoms with E-state index in [0.29, 0.717) is 5.41 Å². The van der Waals surface area contributed by atoms with Crippen LogP contribution in [0, 0.1) is 5.41 Å². The monoisotopic (exact) mass is 214 g/mol. The Hall–Kier alpha value is -0.640. The fourth-order valence-corrected chi connectivity index (χ4v) is 1.97. The Balaban J connectivity index is 2.25. The van der Waals surface area contributed by atoms with Crippen LogP contribution in [0.1, 0.15) is 39.0 Å². The number of nitrogens with two attached hydrogens (primary N) is 1. The maximum Gasteiger partial charge on any atom is 0.226 e. The molecule has 0 aromatic carbocycles. The summed E-state index contributed by atoms with van der Waals surface area (Å²) < 4.78 is 0. The first kappa shape index (κ1) is 11.4. The van der Waals surface area contributed by atoms with Crippen LogP contribution >= 0.6 is 12.2 Å². The van der Waals surface area contributed by atoms with Crippen LogP contribution in [0.25, 0.3) is 0 Å². The van der Waals surface area contributed by atoms with Crippen LogP contribution < -0.4 is 11.1 Å². The van der Waals surface area contributed by atoms with Crippen molar-refractivity contribution >= 4 is 23.1 Å². The third kappa shape index (κ3) is 2.94. The van der Waals surface area contributed by atoms with Crippen molar-refractivity contribution in [2.24, 2.45) is 11.1 Å². The fourth-order valence-electron chi connectivity index (χ4n) is 1.84. The van der Waals surface area contributed by atoms with E-state index in [9.17, 15) is 4.79 Å². The van der Waals surface area contributed by atoms with Crippen LogP contribution in [0.15, 0.2) is 0 Å². The van der Waals surface area contributed by atoms with Gasteiger partial charge in [-0.15, -0.1) is 0 Å². The smallest absolute Gasteiger partial charge is 0.226 e. The highest BCUT2D eigenvalue weighted by molar-refractivity contribution is 7.80. The summed E-state index contributed by atoms with van der Waals surface area (Å²) in [5.74, 6) is -0.0442. The average Bonchev–Trinajstić information content (AvgIpc) is 2.01. The minimum Gasteiger partial charge on any atom is -0.393 e. The van der Waals surface area contributed by atoms with Crippen molar-refractivity contribution in [2.45, 2.75) is 39.0 Å². The van der Waals surface area contributed by atoms with E-state index in [1.54, 1.807) is 0 Å². The quantitative estimate of drug-likeness (QED) is 0.679. The van der Waals surface area contributed by atoms with Gasteiger partial charge < -0.3 is 11.1 Å². The van der Waals surface area contributed by atoms with Crippen LogP contribution in [0.5, 0.6) is 0 Å². The molecule has 0 atom stereocenters. The van der Waals surface area contributed by atoms with E-state index in [0.717, 1.165) is 13.0 Å². The molecule has 14 heavy (non-hydrogen) atoms. The summed E-state index contributed by atoms with van der Waals surface area (Å²) in [6, 6.07) is 0. The summed E-state index contributed by atoms with van der Waals surface area (Å²) in [6.07, 6.45) is 5.07. The molecular formula is C10H18N2OS. The molecule has 80 valence electrons. The summed E-state index contributed by atoms with van der Waals surface area (Å²) >= 11 is 4.67. The van der Waals surface area contributed by atoms with Crippen LogP contribution in [0.3, 0.4) is 0 Å². The summed E-state index contributed by atoms with van der Waals surface area (Å²) in [4.78, 5) is 11.5. The van der Waals surface area contributed by atoms with Crippen LogP contribution in [-0.4, -0.2) is 17.4 Å². The Morgan fingerprint density at radius 2 is 2.21 bits per heavy atom. The maximum absolute atomic E-state index is 11.3. The Bertz CT molecular complexity index is 231. The van der Waals surface area contributed by atoms with E-state index >= 15 is 0 Å². The highest BCUT2D eigenvalue weighted by Gasteiger charge is 2.35. The molecule has 1 aliphatic rings.